The lowest BCUT2D eigenvalue weighted by Crippen LogP contribution is -2.58. The first-order chi connectivity index (χ1) is 12.0. The summed E-state index contributed by atoms with van der Waals surface area (Å²) in [7, 11) is 1.36. The number of nitrogens with one attached hydrogen (secondary N) is 1. The van der Waals surface area contributed by atoms with Gasteiger partial charge in [-0.1, -0.05) is 0 Å². The highest BCUT2D eigenvalue weighted by molar-refractivity contribution is 5.89. The molecule has 25 heavy (non-hydrogen) atoms. The SMILES string of the molecule is COC(=O)[C@H](NC(=O)C12CC3CC(CC(C3)C1)C2)[C@@H]1CCCC(=O)C1. The zero-order valence-corrected chi connectivity index (χ0v) is 15.1. The van der Waals surface area contributed by atoms with Gasteiger partial charge in [-0.2, -0.15) is 0 Å². The quantitative estimate of drug-likeness (QED) is 0.794. The van der Waals surface area contributed by atoms with E-state index in [1.807, 2.05) is 0 Å². The Kier molecular flexibility index (Phi) is 4.37. The highest BCUT2D eigenvalue weighted by Gasteiger charge is 2.55. The van der Waals surface area contributed by atoms with E-state index >= 15 is 0 Å². The van der Waals surface area contributed by atoms with Crippen LogP contribution in [0.25, 0.3) is 0 Å². The number of carbonyl (C=O) groups excluding carboxylic acids is 3. The molecule has 0 unspecified atom stereocenters. The molecule has 5 rings (SSSR count). The Morgan fingerprint density at radius 1 is 1.12 bits per heavy atom. The van der Waals surface area contributed by atoms with Crippen molar-refractivity contribution < 1.29 is 19.1 Å². The van der Waals surface area contributed by atoms with Crippen LogP contribution in [0.1, 0.15) is 64.2 Å². The van der Waals surface area contributed by atoms with E-state index < -0.39 is 12.0 Å². The summed E-state index contributed by atoms with van der Waals surface area (Å²) < 4.78 is 4.96. The molecule has 5 saturated carbocycles. The van der Waals surface area contributed by atoms with Crippen LogP contribution in [0.3, 0.4) is 0 Å². The summed E-state index contributed by atoms with van der Waals surface area (Å²) in [5, 5.41) is 3.05. The molecule has 5 aliphatic carbocycles. The fourth-order valence-corrected chi connectivity index (χ4v) is 6.52. The number of ketones is 1. The predicted molar refractivity (Wildman–Crippen MR) is 91.5 cm³/mol. The third kappa shape index (κ3) is 3.11. The van der Waals surface area contributed by atoms with Gasteiger partial charge in [-0.15, -0.1) is 0 Å². The van der Waals surface area contributed by atoms with E-state index in [2.05, 4.69) is 5.32 Å². The highest BCUT2D eigenvalue weighted by Crippen LogP contribution is 2.60. The molecule has 5 nitrogen and oxygen atoms in total. The van der Waals surface area contributed by atoms with Crippen LogP contribution < -0.4 is 5.32 Å². The number of amides is 1. The third-order valence-corrected chi connectivity index (χ3v) is 7.25. The van der Waals surface area contributed by atoms with Gasteiger partial charge in [-0.3, -0.25) is 9.59 Å². The van der Waals surface area contributed by atoms with Crippen molar-refractivity contribution in [2.75, 3.05) is 7.11 Å². The van der Waals surface area contributed by atoms with Crippen LogP contribution in [0.4, 0.5) is 0 Å². The Morgan fingerprint density at radius 2 is 1.72 bits per heavy atom. The number of hydrogen-bond acceptors (Lipinski definition) is 4. The fourth-order valence-electron chi connectivity index (χ4n) is 6.52. The normalized spacial score (nSPS) is 40.6. The number of carbonyl (C=O) groups is 3. The molecule has 0 spiro atoms. The maximum atomic E-state index is 13.2. The number of methoxy groups -OCH3 is 1. The minimum atomic E-state index is -0.672. The van der Waals surface area contributed by atoms with E-state index in [0.717, 1.165) is 32.1 Å². The Balaban J connectivity index is 1.50. The van der Waals surface area contributed by atoms with Crippen LogP contribution in [0.15, 0.2) is 0 Å². The number of ether oxygens (including phenoxy) is 1. The molecule has 0 aromatic heterocycles. The summed E-state index contributed by atoms with van der Waals surface area (Å²) in [6.45, 7) is 0. The monoisotopic (exact) mass is 347 g/mol. The molecule has 138 valence electrons. The molecule has 0 aliphatic heterocycles. The average molecular weight is 347 g/mol. The van der Waals surface area contributed by atoms with E-state index in [1.54, 1.807) is 0 Å². The van der Waals surface area contributed by atoms with Gasteiger partial charge in [0.2, 0.25) is 5.91 Å². The first-order valence-electron chi connectivity index (χ1n) is 9.89. The number of Topliss-reactive ketones (excluding diaryl/α,β-unsaturated/α-hetero) is 1. The molecule has 1 N–H and O–H groups in total. The van der Waals surface area contributed by atoms with Crippen LogP contribution in [0, 0.1) is 29.1 Å². The molecular weight excluding hydrogens is 318 g/mol. The van der Waals surface area contributed by atoms with Crippen molar-refractivity contribution >= 4 is 17.7 Å². The van der Waals surface area contributed by atoms with E-state index in [9.17, 15) is 14.4 Å². The smallest absolute Gasteiger partial charge is 0.328 e. The van der Waals surface area contributed by atoms with Gasteiger partial charge in [0.1, 0.15) is 11.8 Å². The van der Waals surface area contributed by atoms with Gasteiger partial charge in [-0.05, 0) is 75.0 Å². The fraction of sp³-hybridized carbons (Fsp3) is 0.850. The van der Waals surface area contributed by atoms with Gasteiger partial charge in [0.25, 0.3) is 0 Å². The van der Waals surface area contributed by atoms with Gasteiger partial charge >= 0.3 is 5.97 Å². The van der Waals surface area contributed by atoms with Crippen molar-refractivity contribution in [1.29, 1.82) is 0 Å². The maximum Gasteiger partial charge on any atom is 0.328 e. The first kappa shape index (κ1) is 17.0. The highest BCUT2D eigenvalue weighted by atomic mass is 16.5. The first-order valence-corrected chi connectivity index (χ1v) is 9.89. The summed E-state index contributed by atoms with van der Waals surface area (Å²) in [6, 6.07) is -0.672. The van der Waals surface area contributed by atoms with Gasteiger partial charge in [0, 0.05) is 18.3 Å². The summed E-state index contributed by atoms with van der Waals surface area (Å²) >= 11 is 0. The van der Waals surface area contributed by atoms with Crippen LogP contribution in [0.2, 0.25) is 0 Å². The van der Waals surface area contributed by atoms with Crippen LogP contribution >= 0.6 is 0 Å². The maximum absolute atomic E-state index is 13.2. The Hall–Kier alpha value is -1.39. The minimum absolute atomic E-state index is 0.0417. The van der Waals surface area contributed by atoms with Crippen LogP contribution in [-0.4, -0.2) is 30.8 Å². The summed E-state index contributed by atoms with van der Waals surface area (Å²) in [6.07, 6.45) is 9.33. The second-order valence-electron chi connectivity index (χ2n) is 9.07. The molecule has 5 heteroatoms. The molecule has 2 atom stereocenters. The Morgan fingerprint density at radius 3 is 2.24 bits per heavy atom. The molecule has 0 saturated heterocycles. The van der Waals surface area contributed by atoms with Crippen molar-refractivity contribution in [2.24, 2.45) is 29.1 Å². The lowest BCUT2D eigenvalue weighted by molar-refractivity contribution is -0.154. The van der Waals surface area contributed by atoms with Crippen molar-refractivity contribution in [2.45, 2.75) is 70.3 Å². The van der Waals surface area contributed by atoms with Crippen molar-refractivity contribution in [3.8, 4) is 0 Å². The van der Waals surface area contributed by atoms with Gasteiger partial charge in [0.15, 0.2) is 0 Å². The number of hydrogen-bond donors (Lipinski definition) is 1. The Labute approximate surface area is 149 Å². The molecule has 4 bridgehead atoms. The lowest BCUT2D eigenvalue weighted by atomic mass is 9.49. The zero-order chi connectivity index (χ0) is 17.6. The predicted octanol–water partition coefficient (Wildman–Crippen LogP) is 2.62. The Bertz CT molecular complexity index is 549. The van der Waals surface area contributed by atoms with Crippen LogP contribution in [0.5, 0.6) is 0 Å². The van der Waals surface area contributed by atoms with Crippen molar-refractivity contribution in [1.82, 2.24) is 5.32 Å². The van der Waals surface area contributed by atoms with E-state index in [0.29, 0.717) is 30.6 Å². The van der Waals surface area contributed by atoms with Crippen molar-refractivity contribution in [3.05, 3.63) is 0 Å². The second kappa shape index (κ2) is 6.40. The lowest BCUT2D eigenvalue weighted by Gasteiger charge is -2.55. The number of rotatable bonds is 4. The van der Waals surface area contributed by atoms with E-state index in [4.69, 9.17) is 4.74 Å². The molecule has 5 aliphatic rings. The summed E-state index contributed by atoms with van der Waals surface area (Å²) in [4.78, 5) is 37.4. The summed E-state index contributed by atoms with van der Waals surface area (Å²) in [5.41, 5.74) is -0.278. The van der Waals surface area contributed by atoms with Crippen LogP contribution in [-0.2, 0) is 19.1 Å². The largest absolute Gasteiger partial charge is 0.467 e. The molecular formula is C20H29NO4. The third-order valence-electron chi connectivity index (χ3n) is 7.25. The number of esters is 1. The van der Waals surface area contributed by atoms with E-state index in [-0.39, 0.29) is 23.0 Å². The molecule has 1 amide bonds. The minimum Gasteiger partial charge on any atom is -0.467 e. The molecule has 0 radical (unpaired) electrons. The van der Waals surface area contributed by atoms with Gasteiger partial charge in [-0.25, -0.2) is 4.79 Å². The summed E-state index contributed by atoms with van der Waals surface area (Å²) in [5.74, 6) is 1.76. The van der Waals surface area contributed by atoms with Gasteiger partial charge < -0.3 is 10.1 Å². The molecule has 5 fully saturated rings. The van der Waals surface area contributed by atoms with Gasteiger partial charge in [0.05, 0.1) is 7.11 Å². The average Bonchev–Trinajstić information content (AvgIpc) is 2.57. The van der Waals surface area contributed by atoms with Crippen molar-refractivity contribution in [3.63, 3.8) is 0 Å². The molecule has 0 aromatic carbocycles. The topological polar surface area (TPSA) is 72.5 Å². The standard InChI is InChI=1S/C20H29NO4/c1-25-18(23)17(15-3-2-4-16(22)8-15)21-19(24)20-9-12-5-13(10-20)7-14(6-12)11-20/h12-15,17H,2-11H2,1H3,(H,21,24)/t12?,13?,14?,15-,17-,20?/m1/s1. The molecule has 0 aromatic rings. The van der Waals surface area contributed by atoms with E-state index in [1.165, 1.54) is 26.4 Å². The second-order valence-corrected chi connectivity index (χ2v) is 9.07. The zero-order valence-electron chi connectivity index (χ0n) is 15.1. The molecule has 0 heterocycles.